The first kappa shape index (κ1) is 17.7. The average molecular weight is 373 g/mol. The molecule has 6 heteroatoms. The van der Waals surface area contributed by atoms with E-state index in [0.717, 1.165) is 16.5 Å². The Labute approximate surface area is 161 Å². The lowest BCUT2D eigenvalue weighted by molar-refractivity contribution is -0.141. The molecule has 6 nitrogen and oxygen atoms in total. The van der Waals surface area contributed by atoms with Crippen molar-refractivity contribution < 1.29 is 9.53 Å². The highest BCUT2D eigenvalue weighted by atomic mass is 16.5. The number of ether oxygens (including phenoxy) is 1. The fourth-order valence-corrected chi connectivity index (χ4v) is 3.39. The van der Waals surface area contributed by atoms with Crippen LogP contribution in [0.5, 0.6) is 0 Å². The zero-order chi connectivity index (χ0) is 19.7. The fraction of sp³-hybridized carbons (Fsp3) is 0.136. The fourth-order valence-electron chi connectivity index (χ4n) is 3.39. The molecule has 0 atom stereocenters. The van der Waals surface area contributed by atoms with Crippen LogP contribution in [0.4, 0.5) is 0 Å². The first-order valence-corrected chi connectivity index (χ1v) is 8.86. The van der Waals surface area contributed by atoms with Crippen LogP contribution in [0.2, 0.25) is 0 Å². The molecule has 28 heavy (non-hydrogen) atoms. The molecule has 0 bridgehead atoms. The molecule has 140 valence electrons. The SMILES string of the molecule is COC(=O)Cn1cnc(-c2ccccc2)c1-c1cc2ccccc2n(C)c1=O. The van der Waals surface area contributed by atoms with Crippen LogP contribution in [-0.4, -0.2) is 27.2 Å². The Balaban J connectivity index is 2.02. The van der Waals surface area contributed by atoms with Crippen LogP contribution in [0.3, 0.4) is 0 Å². The molecular formula is C22H19N3O3. The van der Waals surface area contributed by atoms with Gasteiger partial charge in [-0.3, -0.25) is 9.59 Å². The minimum absolute atomic E-state index is 0.0261. The van der Waals surface area contributed by atoms with Gasteiger partial charge in [-0.15, -0.1) is 0 Å². The minimum atomic E-state index is -0.407. The van der Waals surface area contributed by atoms with Crippen molar-refractivity contribution >= 4 is 16.9 Å². The number of carbonyl (C=O) groups excluding carboxylic acids is 1. The number of hydrogen-bond acceptors (Lipinski definition) is 4. The van der Waals surface area contributed by atoms with Crippen molar-refractivity contribution in [1.29, 1.82) is 0 Å². The molecule has 0 aliphatic rings. The Kier molecular flexibility index (Phi) is 4.53. The smallest absolute Gasteiger partial charge is 0.325 e. The number of aryl methyl sites for hydroxylation is 1. The third kappa shape index (κ3) is 2.99. The molecule has 0 amide bonds. The number of benzene rings is 2. The predicted molar refractivity (Wildman–Crippen MR) is 108 cm³/mol. The third-order valence-corrected chi connectivity index (χ3v) is 4.80. The molecule has 0 N–H and O–H groups in total. The number of rotatable bonds is 4. The normalized spacial score (nSPS) is 10.9. The number of fused-ring (bicyclic) bond motifs is 1. The second-order valence-corrected chi connectivity index (χ2v) is 6.49. The Morgan fingerprint density at radius 3 is 2.54 bits per heavy atom. The Morgan fingerprint density at radius 1 is 1.07 bits per heavy atom. The summed E-state index contributed by atoms with van der Waals surface area (Å²) in [7, 11) is 3.09. The van der Waals surface area contributed by atoms with E-state index in [1.165, 1.54) is 7.11 Å². The summed E-state index contributed by atoms with van der Waals surface area (Å²) in [4.78, 5) is 29.6. The minimum Gasteiger partial charge on any atom is -0.468 e. The number of nitrogens with zero attached hydrogens (tertiary/aromatic N) is 3. The molecule has 2 aromatic carbocycles. The first-order valence-electron chi connectivity index (χ1n) is 8.86. The van der Waals surface area contributed by atoms with E-state index in [1.54, 1.807) is 22.5 Å². The van der Waals surface area contributed by atoms with Crippen molar-refractivity contribution in [2.24, 2.45) is 7.05 Å². The van der Waals surface area contributed by atoms with Gasteiger partial charge < -0.3 is 13.9 Å². The topological polar surface area (TPSA) is 66.1 Å². The molecule has 2 heterocycles. The number of methoxy groups -OCH3 is 1. The van der Waals surface area contributed by atoms with Gasteiger partial charge in [-0.25, -0.2) is 4.98 Å². The lowest BCUT2D eigenvalue weighted by atomic mass is 10.0. The zero-order valence-electron chi connectivity index (χ0n) is 15.6. The monoisotopic (exact) mass is 373 g/mol. The van der Waals surface area contributed by atoms with Gasteiger partial charge in [-0.05, 0) is 17.5 Å². The largest absolute Gasteiger partial charge is 0.468 e. The van der Waals surface area contributed by atoms with E-state index in [1.807, 2.05) is 60.7 Å². The van der Waals surface area contributed by atoms with Gasteiger partial charge in [0, 0.05) is 12.6 Å². The second-order valence-electron chi connectivity index (χ2n) is 6.49. The van der Waals surface area contributed by atoms with Crippen molar-refractivity contribution in [3.8, 4) is 22.5 Å². The van der Waals surface area contributed by atoms with E-state index < -0.39 is 5.97 Å². The molecule has 4 rings (SSSR count). The summed E-state index contributed by atoms with van der Waals surface area (Å²) in [5, 5.41) is 0.935. The summed E-state index contributed by atoms with van der Waals surface area (Å²) in [5.74, 6) is -0.407. The van der Waals surface area contributed by atoms with Crippen molar-refractivity contribution in [2.45, 2.75) is 6.54 Å². The van der Waals surface area contributed by atoms with Gasteiger partial charge in [0.15, 0.2) is 0 Å². The van der Waals surface area contributed by atoms with Crippen molar-refractivity contribution in [2.75, 3.05) is 7.11 Å². The second kappa shape index (κ2) is 7.15. The number of pyridine rings is 1. The summed E-state index contributed by atoms with van der Waals surface area (Å²) in [5.41, 5.74) is 3.30. The maximum atomic E-state index is 13.2. The molecule has 0 aliphatic carbocycles. The number of esters is 1. The molecule has 0 unspecified atom stereocenters. The molecule has 0 spiro atoms. The zero-order valence-corrected chi connectivity index (χ0v) is 15.6. The molecule has 0 radical (unpaired) electrons. The number of hydrogen-bond donors (Lipinski definition) is 0. The number of carbonyl (C=O) groups is 1. The van der Waals surface area contributed by atoms with Crippen LogP contribution in [0, 0.1) is 0 Å². The van der Waals surface area contributed by atoms with Gasteiger partial charge in [0.1, 0.15) is 6.54 Å². The van der Waals surface area contributed by atoms with Gasteiger partial charge in [0.05, 0.1) is 35.9 Å². The maximum Gasteiger partial charge on any atom is 0.325 e. The molecule has 0 fully saturated rings. The van der Waals surface area contributed by atoms with E-state index in [0.29, 0.717) is 17.0 Å². The average Bonchev–Trinajstić information content (AvgIpc) is 3.14. The summed E-state index contributed by atoms with van der Waals surface area (Å²) < 4.78 is 8.10. The summed E-state index contributed by atoms with van der Waals surface area (Å²) >= 11 is 0. The molecule has 0 aliphatic heterocycles. The Morgan fingerprint density at radius 2 is 1.79 bits per heavy atom. The van der Waals surface area contributed by atoms with Crippen LogP contribution >= 0.6 is 0 Å². The number of imidazole rings is 1. The van der Waals surface area contributed by atoms with Crippen LogP contribution in [-0.2, 0) is 23.1 Å². The quantitative estimate of drug-likeness (QED) is 0.515. The van der Waals surface area contributed by atoms with Gasteiger partial charge in [-0.1, -0.05) is 48.5 Å². The summed E-state index contributed by atoms with van der Waals surface area (Å²) in [6.07, 6.45) is 1.57. The van der Waals surface area contributed by atoms with E-state index in [-0.39, 0.29) is 12.1 Å². The molecule has 4 aromatic rings. The molecule has 0 saturated carbocycles. The summed E-state index contributed by atoms with van der Waals surface area (Å²) in [6, 6.07) is 19.2. The Hall–Kier alpha value is -3.67. The van der Waals surface area contributed by atoms with E-state index in [4.69, 9.17) is 4.74 Å². The van der Waals surface area contributed by atoms with Crippen molar-refractivity contribution in [3.63, 3.8) is 0 Å². The van der Waals surface area contributed by atoms with Gasteiger partial charge in [-0.2, -0.15) is 0 Å². The first-order chi connectivity index (χ1) is 13.6. The van der Waals surface area contributed by atoms with E-state index in [9.17, 15) is 9.59 Å². The standard InChI is InChI=1S/C22H19N3O3/c1-24-18-11-7-6-10-16(18)12-17(22(24)27)21-20(15-8-4-3-5-9-15)23-14-25(21)13-19(26)28-2/h3-12,14H,13H2,1-2H3. The third-order valence-electron chi connectivity index (χ3n) is 4.80. The summed E-state index contributed by atoms with van der Waals surface area (Å²) in [6.45, 7) is -0.0261. The predicted octanol–water partition coefficient (Wildman–Crippen LogP) is 3.24. The van der Waals surface area contributed by atoms with E-state index >= 15 is 0 Å². The number of aromatic nitrogens is 3. The van der Waals surface area contributed by atoms with E-state index in [2.05, 4.69) is 4.98 Å². The highest BCUT2D eigenvalue weighted by molar-refractivity contribution is 5.87. The van der Waals surface area contributed by atoms with Crippen LogP contribution in [0.15, 0.2) is 71.8 Å². The molecule has 0 saturated heterocycles. The van der Waals surface area contributed by atoms with Gasteiger partial charge >= 0.3 is 5.97 Å². The van der Waals surface area contributed by atoms with Crippen LogP contribution < -0.4 is 5.56 Å². The molecular weight excluding hydrogens is 354 g/mol. The highest BCUT2D eigenvalue weighted by Crippen LogP contribution is 2.31. The highest BCUT2D eigenvalue weighted by Gasteiger charge is 2.20. The van der Waals surface area contributed by atoms with Crippen molar-refractivity contribution in [3.05, 3.63) is 77.3 Å². The number of para-hydroxylation sites is 1. The van der Waals surface area contributed by atoms with Gasteiger partial charge in [0.25, 0.3) is 5.56 Å². The van der Waals surface area contributed by atoms with Crippen LogP contribution in [0.25, 0.3) is 33.4 Å². The van der Waals surface area contributed by atoms with Crippen LogP contribution in [0.1, 0.15) is 0 Å². The molecule has 2 aromatic heterocycles. The lowest BCUT2D eigenvalue weighted by Crippen LogP contribution is -2.21. The maximum absolute atomic E-state index is 13.2. The lowest BCUT2D eigenvalue weighted by Gasteiger charge is -2.12. The van der Waals surface area contributed by atoms with Gasteiger partial charge in [0.2, 0.25) is 0 Å². The van der Waals surface area contributed by atoms with Crippen molar-refractivity contribution in [1.82, 2.24) is 14.1 Å². The Bertz CT molecular complexity index is 1220.